The second kappa shape index (κ2) is 9.98. The third-order valence-electron chi connectivity index (χ3n) is 4.71. The molecule has 0 unspecified atom stereocenters. The summed E-state index contributed by atoms with van der Waals surface area (Å²) in [6, 6.07) is 20.2. The van der Waals surface area contributed by atoms with Crippen LogP contribution in [0.25, 0.3) is 0 Å². The molecule has 0 bridgehead atoms. The largest absolute Gasteiger partial charge is 0.360 e. The van der Waals surface area contributed by atoms with Crippen LogP contribution >= 0.6 is 11.8 Å². The highest BCUT2D eigenvalue weighted by Crippen LogP contribution is 2.19. The van der Waals surface area contributed by atoms with E-state index in [0.717, 1.165) is 30.2 Å². The summed E-state index contributed by atoms with van der Waals surface area (Å²) >= 11 is 1.65. The maximum Gasteiger partial charge on any atom is 0.266 e. The van der Waals surface area contributed by atoms with Crippen LogP contribution in [0.1, 0.15) is 5.56 Å². The van der Waals surface area contributed by atoms with E-state index in [1.165, 1.54) is 11.8 Å². The zero-order valence-electron chi connectivity index (χ0n) is 16.0. The van der Waals surface area contributed by atoms with Gasteiger partial charge in [0.25, 0.3) is 5.91 Å². The SMILES string of the molecule is CSc1cccc(N/C=C(/C#N)C(=O)N2CCN(Cc3ccccc3)CC2)c1. The summed E-state index contributed by atoms with van der Waals surface area (Å²) in [5.41, 5.74) is 2.27. The van der Waals surface area contributed by atoms with Crippen molar-refractivity contribution in [1.82, 2.24) is 9.80 Å². The minimum atomic E-state index is -0.213. The second-order valence-corrected chi connectivity index (χ2v) is 7.48. The normalized spacial score (nSPS) is 15.1. The zero-order valence-corrected chi connectivity index (χ0v) is 16.8. The van der Waals surface area contributed by atoms with E-state index in [4.69, 9.17) is 0 Å². The monoisotopic (exact) mass is 392 g/mol. The van der Waals surface area contributed by atoms with Crippen molar-refractivity contribution in [2.24, 2.45) is 0 Å². The highest BCUT2D eigenvalue weighted by molar-refractivity contribution is 7.98. The highest BCUT2D eigenvalue weighted by atomic mass is 32.2. The Balaban J connectivity index is 1.55. The van der Waals surface area contributed by atoms with Gasteiger partial charge in [0.2, 0.25) is 0 Å². The number of hydrogen-bond acceptors (Lipinski definition) is 5. The molecule has 28 heavy (non-hydrogen) atoms. The summed E-state index contributed by atoms with van der Waals surface area (Å²) in [4.78, 5) is 17.9. The standard InChI is InChI=1S/C22H24N4OS/c1-28-21-9-5-8-20(14-21)24-16-19(15-23)22(27)26-12-10-25(11-13-26)17-18-6-3-2-4-7-18/h2-9,14,16,24H,10-13,17H2,1H3/b19-16-. The molecule has 144 valence electrons. The molecular formula is C22H24N4OS. The summed E-state index contributed by atoms with van der Waals surface area (Å²) < 4.78 is 0. The Labute approximate surface area is 170 Å². The molecule has 0 spiro atoms. The number of benzene rings is 2. The van der Waals surface area contributed by atoms with Crippen molar-refractivity contribution in [2.45, 2.75) is 11.4 Å². The number of piperazine rings is 1. The molecule has 1 fully saturated rings. The lowest BCUT2D eigenvalue weighted by Crippen LogP contribution is -2.48. The number of amides is 1. The predicted molar refractivity (Wildman–Crippen MR) is 114 cm³/mol. The van der Waals surface area contributed by atoms with Crippen molar-refractivity contribution in [2.75, 3.05) is 37.8 Å². The van der Waals surface area contributed by atoms with Gasteiger partial charge in [-0.2, -0.15) is 5.26 Å². The van der Waals surface area contributed by atoms with Gasteiger partial charge in [0, 0.05) is 49.5 Å². The minimum Gasteiger partial charge on any atom is -0.360 e. The quantitative estimate of drug-likeness (QED) is 0.463. The van der Waals surface area contributed by atoms with Crippen LogP contribution in [0, 0.1) is 11.3 Å². The van der Waals surface area contributed by atoms with Crippen LogP contribution in [0.15, 0.2) is 71.3 Å². The molecule has 6 heteroatoms. The fourth-order valence-electron chi connectivity index (χ4n) is 3.13. The first kappa shape index (κ1) is 20.0. The lowest BCUT2D eigenvalue weighted by atomic mass is 10.2. The molecule has 1 aliphatic heterocycles. The summed E-state index contributed by atoms with van der Waals surface area (Å²) in [5, 5.41) is 12.5. The van der Waals surface area contributed by atoms with Crippen LogP contribution in [-0.2, 0) is 11.3 Å². The number of nitrogens with one attached hydrogen (secondary N) is 1. The molecule has 0 radical (unpaired) electrons. The first-order valence-corrected chi connectivity index (χ1v) is 10.5. The van der Waals surface area contributed by atoms with Crippen LogP contribution < -0.4 is 5.32 Å². The van der Waals surface area contributed by atoms with Crippen LogP contribution in [0.2, 0.25) is 0 Å². The van der Waals surface area contributed by atoms with Gasteiger partial charge in [0.1, 0.15) is 11.6 Å². The van der Waals surface area contributed by atoms with E-state index < -0.39 is 0 Å². The maximum absolute atomic E-state index is 12.7. The number of nitrogens with zero attached hydrogens (tertiary/aromatic N) is 3. The molecule has 3 rings (SSSR count). The van der Waals surface area contributed by atoms with E-state index in [-0.39, 0.29) is 11.5 Å². The van der Waals surface area contributed by atoms with E-state index in [0.29, 0.717) is 13.1 Å². The molecular weight excluding hydrogens is 368 g/mol. The number of hydrogen-bond donors (Lipinski definition) is 1. The first-order valence-electron chi connectivity index (χ1n) is 9.26. The number of carbonyl (C=O) groups excluding carboxylic acids is 1. The molecule has 1 aliphatic rings. The lowest BCUT2D eigenvalue weighted by Gasteiger charge is -2.34. The third kappa shape index (κ3) is 5.38. The molecule has 0 saturated carbocycles. The molecule has 1 saturated heterocycles. The Morgan fingerprint density at radius 2 is 1.89 bits per heavy atom. The minimum absolute atomic E-state index is 0.131. The Morgan fingerprint density at radius 3 is 2.57 bits per heavy atom. The van der Waals surface area contributed by atoms with E-state index in [2.05, 4.69) is 22.3 Å². The molecule has 1 amide bonds. The van der Waals surface area contributed by atoms with Gasteiger partial charge in [0.05, 0.1) is 0 Å². The van der Waals surface area contributed by atoms with Gasteiger partial charge in [-0.15, -0.1) is 11.8 Å². The van der Waals surface area contributed by atoms with E-state index >= 15 is 0 Å². The molecule has 0 aromatic heterocycles. The van der Waals surface area contributed by atoms with E-state index in [1.807, 2.05) is 54.8 Å². The Hall–Kier alpha value is -2.75. The van der Waals surface area contributed by atoms with Crippen LogP contribution in [0.5, 0.6) is 0 Å². The molecule has 1 heterocycles. The van der Waals surface area contributed by atoms with Crippen molar-refractivity contribution in [3.63, 3.8) is 0 Å². The Kier molecular flexibility index (Phi) is 7.12. The summed E-state index contributed by atoms with van der Waals surface area (Å²) in [7, 11) is 0. The van der Waals surface area contributed by atoms with Gasteiger partial charge in [-0.1, -0.05) is 36.4 Å². The van der Waals surface area contributed by atoms with Crippen LogP contribution in [0.4, 0.5) is 5.69 Å². The number of nitriles is 1. The average molecular weight is 393 g/mol. The van der Waals surface area contributed by atoms with Gasteiger partial charge < -0.3 is 10.2 Å². The average Bonchev–Trinajstić information content (AvgIpc) is 2.75. The highest BCUT2D eigenvalue weighted by Gasteiger charge is 2.23. The number of carbonyl (C=O) groups is 1. The maximum atomic E-state index is 12.7. The number of anilines is 1. The number of rotatable bonds is 6. The van der Waals surface area contributed by atoms with Crippen molar-refractivity contribution >= 4 is 23.4 Å². The Bertz CT molecular complexity index is 868. The van der Waals surface area contributed by atoms with Crippen molar-refractivity contribution in [3.05, 3.63) is 71.9 Å². The van der Waals surface area contributed by atoms with Crippen LogP contribution in [-0.4, -0.2) is 48.1 Å². The predicted octanol–water partition coefficient (Wildman–Crippen LogP) is 3.57. The van der Waals surface area contributed by atoms with Crippen molar-refractivity contribution in [3.8, 4) is 6.07 Å². The van der Waals surface area contributed by atoms with E-state index in [9.17, 15) is 10.1 Å². The van der Waals surface area contributed by atoms with Gasteiger partial charge in [-0.05, 0) is 30.0 Å². The van der Waals surface area contributed by atoms with Crippen molar-refractivity contribution in [1.29, 1.82) is 5.26 Å². The molecule has 1 N–H and O–H groups in total. The molecule has 0 atom stereocenters. The summed E-state index contributed by atoms with van der Waals surface area (Å²) in [5.74, 6) is -0.213. The van der Waals surface area contributed by atoms with E-state index in [1.54, 1.807) is 16.7 Å². The molecule has 0 aliphatic carbocycles. The van der Waals surface area contributed by atoms with Gasteiger partial charge in [-0.25, -0.2) is 0 Å². The fraction of sp³-hybridized carbons (Fsp3) is 0.273. The fourth-order valence-corrected chi connectivity index (χ4v) is 3.59. The second-order valence-electron chi connectivity index (χ2n) is 6.60. The molecule has 5 nitrogen and oxygen atoms in total. The summed E-state index contributed by atoms with van der Waals surface area (Å²) in [6.45, 7) is 3.77. The van der Waals surface area contributed by atoms with Crippen molar-refractivity contribution < 1.29 is 4.79 Å². The topological polar surface area (TPSA) is 59.4 Å². The number of thioether (sulfide) groups is 1. The zero-order chi connectivity index (χ0) is 19.8. The van der Waals surface area contributed by atoms with Gasteiger partial charge in [0.15, 0.2) is 0 Å². The van der Waals surface area contributed by atoms with Gasteiger partial charge in [-0.3, -0.25) is 9.69 Å². The molecule has 2 aromatic carbocycles. The van der Waals surface area contributed by atoms with Gasteiger partial charge >= 0.3 is 0 Å². The molecule has 2 aromatic rings. The third-order valence-corrected chi connectivity index (χ3v) is 5.44. The Morgan fingerprint density at radius 1 is 1.14 bits per heavy atom. The smallest absolute Gasteiger partial charge is 0.266 e. The van der Waals surface area contributed by atoms with Crippen LogP contribution in [0.3, 0.4) is 0 Å². The first-order chi connectivity index (χ1) is 13.7. The lowest BCUT2D eigenvalue weighted by molar-refractivity contribution is -0.128. The summed E-state index contributed by atoms with van der Waals surface area (Å²) in [6.07, 6.45) is 3.52.